The molecule has 0 spiro atoms. The maximum absolute atomic E-state index is 12.0. The number of anilines is 1. The van der Waals surface area contributed by atoms with Gasteiger partial charge >= 0.3 is 11.8 Å². The summed E-state index contributed by atoms with van der Waals surface area (Å²) in [7, 11) is 0. The molecule has 0 radical (unpaired) electrons. The molecule has 116 valence electrons. The fourth-order valence-corrected chi connectivity index (χ4v) is 2.31. The predicted octanol–water partition coefficient (Wildman–Crippen LogP) is 0.263. The van der Waals surface area contributed by atoms with Crippen LogP contribution in [0.2, 0.25) is 0 Å². The van der Waals surface area contributed by atoms with Gasteiger partial charge in [-0.25, -0.2) is 9.97 Å². The zero-order valence-corrected chi connectivity index (χ0v) is 12.3. The van der Waals surface area contributed by atoms with E-state index in [0.29, 0.717) is 16.5 Å². The third-order valence-electron chi connectivity index (χ3n) is 2.54. The summed E-state index contributed by atoms with van der Waals surface area (Å²) in [6.07, 6.45) is 4.43. The first-order chi connectivity index (χ1) is 11.1. The molecule has 23 heavy (non-hydrogen) atoms. The molecule has 0 unspecified atom stereocenters. The molecular formula is C12H9N7O3S. The second-order valence-electron chi connectivity index (χ2n) is 4.25. The molecule has 0 aromatic carbocycles. The third-order valence-corrected chi connectivity index (χ3v) is 3.35. The first kappa shape index (κ1) is 14.7. The van der Waals surface area contributed by atoms with Crippen LogP contribution in [0.1, 0.15) is 16.4 Å². The van der Waals surface area contributed by atoms with Gasteiger partial charge in [0, 0.05) is 17.8 Å². The van der Waals surface area contributed by atoms with Crippen molar-refractivity contribution in [3.63, 3.8) is 0 Å². The molecule has 0 atom stereocenters. The SMILES string of the molecule is NC(=O)Cc1csc(NC(=O)c2nc(-c3cnccn3)no2)n1. The van der Waals surface area contributed by atoms with Crippen LogP contribution in [0.15, 0.2) is 28.5 Å². The number of carbonyl (C=O) groups is 2. The molecule has 10 nitrogen and oxygen atoms in total. The average molecular weight is 331 g/mol. The fraction of sp³-hybridized carbons (Fsp3) is 0.0833. The molecule has 3 N–H and O–H groups in total. The van der Waals surface area contributed by atoms with Crippen molar-refractivity contribution >= 4 is 28.3 Å². The summed E-state index contributed by atoms with van der Waals surface area (Å²) in [6, 6.07) is 0. The van der Waals surface area contributed by atoms with Crippen LogP contribution in [-0.2, 0) is 11.2 Å². The predicted molar refractivity (Wildman–Crippen MR) is 78.3 cm³/mol. The highest BCUT2D eigenvalue weighted by atomic mass is 32.1. The van der Waals surface area contributed by atoms with Gasteiger partial charge in [-0.3, -0.25) is 19.9 Å². The Kier molecular flexibility index (Phi) is 4.01. The van der Waals surface area contributed by atoms with Crippen molar-refractivity contribution in [1.29, 1.82) is 0 Å². The van der Waals surface area contributed by atoms with E-state index in [1.807, 2.05) is 0 Å². The molecule has 2 amide bonds. The number of amides is 2. The van der Waals surface area contributed by atoms with E-state index in [1.165, 1.54) is 18.6 Å². The Balaban J connectivity index is 1.70. The second kappa shape index (κ2) is 6.27. The van der Waals surface area contributed by atoms with Crippen LogP contribution >= 0.6 is 11.3 Å². The zero-order valence-electron chi connectivity index (χ0n) is 11.5. The van der Waals surface area contributed by atoms with Gasteiger partial charge in [0.1, 0.15) is 5.69 Å². The smallest absolute Gasteiger partial charge is 0.316 e. The lowest BCUT2D eigenvalue weighted by atomic mass is 10.3. The maximum Gasteiger partial charge on any atom is 0.316 e. The molecule has 3 aromatic heterocycles. The van der Waals surface area contributed by atoms with E-state index in [4.69, 9.17) is 10.3 Å². The zero-order chi connectivity index (χ0) is 16.2. The van der Waals surface area contributed by atoms with Crippen LogP contribution < -0.4 is 11.1 Å². The molecule has 3 rings (SSSR count). The minimum Gasteiger partial charge on any atom is -0.369 e. The third kappa shape index (κ3) is 3.52. The monoisotopic (exact) mass is 331 g/mol. The van der Waals surface area contributed by atoms with Crippen LogP contribution in [0.25, 0.3) is 11.5 Å². The van der Waals surface area contributed by atoms with E-state index in [1.54, 1.807) is 5.38 Å². The number of thiazole rings is 1. The summed E-state index contributed by atoms with van der Waals surface area (Å²) in [6.45, 7) is 0. The summed E-state index contributed by atoms with van der Waals surface area (Å²) in [5.41, 5.74) is 5.94. The highest BCUT2D eigenvalue weighted by Gasteiger charge is 2.18. The molecule has 0 aliphatic heterocycles. The van der Waals surface area contributed by atoms with Gasteiger partial charge in [-0.15, -0.1) is 11.3 Å². The number of nitrogens with zero attached hydrogens (tertiary/aromatic N) is 5. The molecule has 3 aromatic rings. The Morgan fingerprint density at radius 2 is 2.17 bits per heavy atom. The van der Waals surface area contributed by atoms with Crippen LogP contribution in [0.5, 0.6) is 0 Å². The highest BCUT2D eigenvalue weighted by molar-refractivity contribution is 7.14. The second-order valence-corrected chi connectivity index (χ2v) is 5.11. The standard InChI is InChI=1S/C12H9N7O3S/c13-8(20)3-6-5-23-12(16-6)18-10(21)11-17-9(19-22-11)7-4-14-1-2-15-7/h1-2,4-5H,3H2,(H2,13,20)(H,16,18,21). The summed E-state index contributed by atoms with van der Waals surface area (Å²) in [4.78, 5) is 38.7. The average Bonchev–Trinajstić information content (AvgIpc) is 3.17. The topological polar surface area (TPSA) is 150 Å². The molecule has 0 saturated carbocycles. The number of hydrogen-bond acceptors (Lipinski definition) is 9. The summed E-state index contributed by atoms with van der Waals surface area (Å²) in [5, 5.41) is 8.09. The Hall–Kier alpha value is -3.21. The van der Waals surface area contributed by atoms with Gasteiger partial charge in [-0.1, -0.05) is 5.16 Å². The minimum atomic E-state index is -0.618. The number of hydrogen-bond donors (Lipinski definition) is 2. The van der Waals surface area contributed by atoms with Crippen molar-refractivity contribution in [1.82, 2.24) is 25.1 Å². The van der Waals surface area contributed by atoms with Crippen molar-refractivity contribution in [3.05, 3.63) is 35.6 Å². The first-order valence-electron chi connectivity index (χ1n) is 6.26. The number of nitrogens with one attached hydrogen (secondary N) is 1. The molecule has 11 heteroatoms. The molecule has 0 aliphatic carbocycles. The normalized spacial score (nSPS) is 10.4. The fourth-order valence-electron chi connectivity index (χ4n) is 1.61. The van der Waals surface area contributed by atoms with E-state index >= 15 is 0 Å². The molecule has 0 bridgehead atoms. The minimum absolute atomic E-state index is 0.00372. The Bertz CT molecular complexity index is 845. The lowest BCUT2D eigenvalue weighted by Gasteiger charge is -1.95. The molecule has 3 heterocycles. The highest BCUT2D eigenvalue weighted by Crippen LogP contribution is 2.17. The van der Waals surface area contributed by atoms with Gasteiger partial charge in [-0.05, 0) is 0 Å². The van der Waals surface area contributed by atoms with Crippen molar-refractivity contribution in [2.24, 2.45) is 5.73 Å². The maximum atomic E-state index is 12.0. The van der Waals surface area contributed by atoms with E-state index < -0.39 is 11.8 Å². The van der Waals surface area contributed by atoms with Crippen LogP contribution in [-0.4, -0.2) is 36.9 Å². The van der Waals surface area contributed by atoms with E-state index in [9.17, 15) is 9.59 Å². The molecule has 0 saturated heterocycles. The molecular weight excluding hydrogens is 322 g/mol. The van der Waals surface area contributed by atoms with Gasteiger partial charge in [0.15, 0.2) is 5.13 Å². The number of rotatable bonds is 5. The van der Waals surface area contributed by atoms with E-state index in [2.05, 4.69) is 30.4 Å². The number of primary amides is 1. The van der Waals surface area contributed by atoms with Gasteiger partial charge in [0.05, 0.1) is 18.3 Å². The van der Waals surface area contributed by atoms with Gasteiger partial charge in [-0.2, -0.15) is 4.98 Å². The van der Waals surface area contributed by atoms with Crippen molar-refractivity contribution in [2.45, 2.75) is 6.42 Å². The molecule has 0 fully saturated rings. The van der Waals surface area contributed by atoms with Crippen LogP contribution in [0, 0.1) is 0 Å². The van der Waals surface area contributed by atoms with Crippen LogP contribution in [0.3, 0.4) is 0 Å². The van der Waals surface area contributed by atoms with Crippen molar-refractivity contribution < 1.29 is 14.1 Å². The lowest BCUT2D eigenvalue weighted by Crippen LogP contribution is -2.14. The number of carbonyl (C=O) groups excluding carboxylic acids is 2. The summed E-state index contributed by atoms with van der Waals surface area (Å²) >= 11 is 1.15. The van der Waals surface area contributed by atoms with Gasteiger partial charge in [0.25, 0.3) is 0 Å². The van der Waals surface area contributed by atoms with Crippen molar-refractivity contribution in [3.8, 4) is 11.5 Å². The largest absolute Gasteiger partial charge is 0.369 e. The number of nitrogens with two attached hydrogens (primary N) is 1. The van der Waals surface area contributed by atoms with Crippen LogP contribution in [0.4, 0.5) is 5.13 Å². The van der Waals surface area contributed by atoms with Gasteiger partial charge in [0.2, 0.25) is 11.7 Å². The molecule has 0 aliphatic rings. The van der Waals surface area contributed by atoms with E-state index in [-0.39, 0.29) is 18.1 Å². The Morgan fingerprint density at radius 3 is 2.91 bits per heavy atom. The van der Waals surface area contributed by atoms with E-state index in [0.717, 1.165) is 11.3 Å². The Morgan fingerprint density at radius 1 is 1.30 bits per heavy atom. The van der Waals surface area contributed by atoms with Crippen molar-refractivity contribution in [2.75, 3.05) is 5.32 Å². The van der Waals surface area contributed by atoms with Gasteiger partial charge < -0.3 is 10.3 Å². The summed E-state index contributed by atoms with van der Waals surface area (Å²) in [5.74, 6) is -1.21. The lowest BCUT2D eigenvalue weighted by molar-refractivity contribution is -0.117. The quantitative estimate of drug-likeness (QED) is 0.676. The summed E-state index contributed by atoms with van der Waals surface area (Å²) < 4.78 is 4.89. The Labute approximate surface area is 132 Å². The first-order valence-corrected chi connectivity index (χ1v) is 7.14. The number of aromatic nitrogens is 5.